The normalized spacial score (nSPS) is 49.5. The number of hydrogen-bond acceptors (Lipinski definition) is 27. The zero-order valence-electron chi connectivity index (χ0n) is 42.9. The monoisotopic (exact) mass is 1120 g/mol. The first-order chi connectivity index (χ1) is 37.1. The molecule has 8 rings (SSSR count). The van der Waals surface area contributed by atoms with Crippen LogP contribution >= 0.6 is 0 Å². The Hall–Kier alpha value is -2.50. The van der Waals surface area contributed by atoms with Crippen molar-refractivity contribution in [2.45, 2.75) is 236 Å². The Morgan fingerprint density at radius 1 is 0.436 bits per heavy atom. The van der Waals surface area contributed by atoms with Gasteiger partial charge < -0.3 is 124 Å². The maximum atomic E-state index is 13.1. The molecule has 0 aromatic carbocycles. The second-order valence-corrected chi connectivity index (χ2v) is 22.5. The second kappa shape index (κ2) is 27.3. The highest BCUT2D eigenvalue weighted by Crippen LogP contribution is 2.45. The third kappa shape index (κ3) is 14.6. The Morgan fingerprint density at radius 2 is 0.910 bits per heavy atom. The molecule has 4 heterocycles. The van der Waals surface area contributed by atoms with Crippen LogP contribution in [0.1, 0.15) is 77.0 Å². The number of carbonyl (C=O) groups excluding carboxylic acids is 2. The molecule has 446 valence electrons. The Balaban J connectivity index is 1.04. The van der Waals surface area contributed by atoms with Gasteiger partial charge in [0.15, 0.2) is 18.9 Å². The molecule has 0 aromatic heterocycles. The Bertz CT molecular complexity index is 1980. The van der Waals surface area contributed by atoms with Crippen LogP contribution in [0.25, 0.3) is 0 Å². The van der Waals surface area contributed by atoms with E-state index in [1.807, 2.05) is 0 Å². The van der Waals surface area contributed by atoms with Crippen LogP contribution in [0.3, 0.4) is 0 Å². The molecular weight excluding hydrogens is 1040 g/mol. The number of carbonyl (C=O) groups is 2. The third-order valence-corrected chi connectivity index (χ3v) is 17.0. The van der Waals surface area contributed by atoms with Gasteiger partial charge in [0.2, 0.25) is 0 Å². The minimum atomic E-state index is -2.07. The third-order valence-electron chi connectivity index (χ3n) is 17.0. The number of aliphatic hydroxyl groups is 16. The van der Waals surface area contributed by atoms with Gasteiger partial charge in [-0.3, -0.25) is 0 Å². The van der Waals surface area contributed by atoms with Crippen molar-refractivity contribution in [2.24, 2.45) is 23.7 Å². The van der Waals surface area contributed by atoms with Gasteiger partial charge in [-0.15, -0.1) is 0 Å². The fourth-order valence-electron chi connectivity index (χ4n) is 12.2. The highest BCUT2D eigenvalue weighted by atomic mass is 16.8. The van der Waals surface area contributed by atoms with Gasteiger partial charge in [-0.1, -0.05) is 12.2 Å². The standard InChI is InChI=1S/C51H80O27/c52-17-34-39(62)42(65)45(68)49(75-34)73-32-15-23(53)14-31-24(32)16-33(47(72-31)22-5-8-27(56)30(59)13-22)74-51-48(44(67)41(64)36(77-51)19-71-38(61)10-4-21-2-7-26(55)29(58)12-21)78-50-46(69)43(66)40(63)35(76-50)18-70-37(60)9-3-20-1-6-25(54)28(57)11-20/h3-4,9-10,20-36,39-59,62-69H,1-2,5-8,11-19H2/t20?,21?,22?,23?,24?,25?,26?,27?,28?,29?,30?,31?,32?,33?,34-,35-,36-,39-,40-,41-,42+,43+,44+,45-,46-,47?,48-,49-,50+,51-/m1/s1. The van der Waals surface area contributed by atoms with Crippen LogP contribution in [-0.4, -0.2) is 273 Å². The molecule has 27 nitrogen and oxygen atoms in total. The molecule has 15 unspecified atom stereocenters. The highest BCUT2D eigenvalue weighted by Gasteiger charge is 2.56. The molecule has 4 aliphatic carbocycles. The Labute approximate surface area is 449 Å². The van der Waals surface area contributed by atoms with Crippen molar-refractivity contribution in [3.8, 4) is 0 Å². The van der Waals surface area contributed by atoms with Gasteiger partial charge >= 0.3 is 11.9 Å². The van der Waals surface area contributed by atoms with Crippen LogP contribution in [0.2, 0.25) is 0 Å². The van der Waals surface area contributed by atoms with Crippen molar-refractivity contribution < 1.29 is 134 Å². The lowest BCUT2D eigenvalue weighted by atomic mass is 9.72. The number of esters is 2. The van der Waals surface area contributed by atoms with Crippen LogP contribution in [0.5, 0.6) is 0 Å². The fourth-order valence-corrected chi connectivity index (χ4v) is 12.2. The summed E-state index contributed by atoms with van der Waals surface area (Å²) in [5.74, 6) is -3.59. The number of ether oxygens (including phenoxy) is 9. The summed E-state index contributed by atoms with van der Waals surface area (Å²) in [6.45, 7) is -2.15. The van der Waals surface area contributed by atoms with Crippen LogP contribution < -0.4 is 0 Å². The highest BCUT2D eigenvalue weighted by molar-refractivity contribution is 5.82. The molecule has 0 bridgehead atoms. The molecule has 0 aromatic rings. The molecule has 0 radical (unpaired) electrons. The average Bonchev–Trinajstić information content (AvgIpc) is 3.45. The molecule has 30 atom stereocenters. The molecule has 16 N–H and O–H groups in total. The Morgan fingerprint density at radius 3 is 1.45 bits per heavy atom. The van der Waals surface area contributed by atoms with Crippen molar-refractivity contribution in [3.05, 3.63) is 24.3 Å². The van der Waals surface area contributed by atoms with Gasteiger partial charge in [0, 0.05) is 24.5 Å². The average molecular weight is 1130 g/mol. The van der Waals surface area contributed by atoms with E-state index in [1.54, 1.807) is 0 Å². The zero-order valence-corrected chi connectivity index (χ0v) is 42.9. The molecule has 8 fully saturated rings. The van der Waals surface area contributed by atoms with E-state index in [2.05, 4.69) is 0 Å². The molecule has 8 aliphatic rings. The summed E-state index contributed by atoms with van der Waals surface area (Å²) in [4.78, 5) is 25.9. The summed E-state index contributed by atoms with van der Waals surface area (Å²) < 4.78 is 54.4. The zero-order chi connectivity index (χ0) is 56.3. The first-order valence-electron chi connectivity index (χ1n) is 27.2. The van der Waals surface area contributed by atoms with Gasteiger partial charge in [0.1, 0.15) is 86.5 Å². The Kier molecular flexibility index (Phi) is 21.5. The van der Waals surface area contributed by atoms with Gasteiger partial charge in [-0.25, -0.2) is 9.59 Å². The van der Waals surface area contributed by atoms with Gasteiger partial charge in [-0.2, -0.15) is 0 Å². The van der Waals surface area contributed by atoms with Crippen molar-refractivity contribution in [2.75, 3.05) is 19.8 Å². The molecule has 4 saturated heterocycles. The predicted octanol–water partition coefficient (Wildman–Crippen LogP) is -6.11. The molecule has 4 saturated carbocycles. The lowest BCUT2D eigenvalue weighted by molar-refractivity contribution is -0.380. The van der Waals surface area contributed by atoms with Crippen molar-refractivity contribution in [1.29, 1.82) is 0 Å². The van der Waals surface area contributed by atoms with E-state index in [4.69, 9.17) is 42.6 Å². The summed E-state index contributed by atoms with van der Waals surface area (Å²) in [5, 5.41) is 171. The van der Waals surface area contributed by atoms with E-state index in [0.29, 0.717) is 32.1 Å². The van der Waals surface area contributed by atoms with E-state index >= 15 is 0 Å². The van der Waals surface area contributed by atoms with E-state index in [-0.39, 0.29) is 56.8 Å². The van der Waals surface area contributed by atoms with Crippen LogP contribution in [0, 0.1) is 23.7 Å². The van der Waals surface area contributed by atoms with Crippen LogP contribution in [0.4, 0.5) is 0 Å². The van der Waals surface area contributed by atoms with Gasteiger partial charge in [0.25, 0.3) is 0 Å². The molecular formula is C51H80O27. The van der Waals surface area contributed by atoms with E-state index in [9.17, 15) is 91.3 Å². The first-order valence-corrected chi connectivity index (χ1v) is 27.2. The molecule has 0 spiro atoms. The van der Waals surface area contributed by atoms with Gasteiger partial charge in [-0.05, 0) is 88.4 Å². The molecule has 0 amide bonds. The lowest BCUT2D eigenvalue weighted by Gasteiger charge is -2.53. The summed E-state index contributed by atoms with van der Waals surface area (Å²) in [6, 6.07) is 0. The van der Waals surface area contributed by atoms with Crippen molar-refractivity contribution in [3.63, 3.8) is 0 Å². The molecule has 4 aliphatic heterocycles. The van der Waals surface area contributed by atoms with Crippen LogP contribution in [0.15, 0.2) is 24.3 Å². The predicted molar refractivity (Wildman–Crippen MR) is 256 cm³/mol. The summed E-state index contributed by atoms with van der Waals surface area (Å²) in [5.41, 5.74) is 0. The topological polar surface area (TPSA) is 441 Å². The first kappa shape index (κ1) is 61.6. The maximum Gasteiger partial charge on any atom is 0.330 e. The number of rotatable bonds is 16. The SMILES string of the molecule is O=C(C=CC1CCC(O)C(O)C1)OC[C@H]1O[C@@H](O[C@H]2[C@H](OC3CC4C(CC(O)CC4O[C@@H]4O[C@H](CO)[C@@H](O)[C@H](O)[C@H]4O)OC3C3CCC(O)C(O)C3)O[C@H](COC(=O)C=CC3CCC(O)C(O)C3)[C@@H](O)[C@@H]2O)[C@H](O)[C@@H](O)[C@@H]1O. The van der Waals surface area contributed by atoms with Crippen LogP contribution in [-0.2, 0) is 52.2 Å². The fraction of sp³-hybridized carbons (Fsp3) is 0.882. The lowest BCUT2D eigenvalue weighted by Crippen LogP contribution is -2.66. The van der Waals surface area contributed by atoms with E-state index in [1.165, 1.54) is 12.2 Å². The largest absolute Gasteiger partial charge is 0.460 e. The smallest absolute Gasteiger partial charge is 0.330 e. The summed E-state index contributed by atoms with van der Waals surface area (Å²) >= 11 is 0. The minimum Gasteiger partial charge on any atom is -0.460 e. The van der Waals surface area contributed by atoms with Crippen molar-refractivity contribution >= 4 is 11.9 Å². The number of fused-ring (bicyclic) bond motifs is 1. The van der Waals surface area contributed by atoms with Gasteiger partial charge in [0.05, 0.1) is 73.8 Å². The number of allylic oxidation sites excluding steroid dienone is 2. The maximum absolute atomic E-state index is 13.1. The summed E-state index contributed by atoms with van der Waals surface area (Å²) in [7, 11) is 0. The summed E-state index contributed by atoms with van der Waals surface area (Å²) in [6.07, 6.45) is -30.5. The number of hydrogen-bond donors (Lipinski definition) is 16. The number of aliphatic hydroxyl groups excluding tert-OH is 16. The quantitative estimate of drug-likeness (QED) is 0.0505. The van der Waals surface area contributed by atoms with Crippen molar-refractivity contribution in [1.82, 2.24) is 0 Å². The second-order valence-electron chi connectivity index (χ2n) is 22.5. The minimum absolute atomic E-state index is 0.00757. The van der Waals surface area contributed by atoms with E-state index < -0.39 is 203 Å². The van der Waals surface area contributed by atoms with E-state index in [0.717, 1.165) is 12.2 Å². The molecule has 78 heavy (non-hydrogen) atoms. The molecule has 27 heteroatoms.